The molecule has 0 unspecified atom stereocenters. The van der Waals surface area contributed by atoms with Gasteiger partial charge in [-0.05, 0) is 13.5 Å². The molecule has 1 aliphatic heterocycles. The molecule has 1 aliphatic rings. The molecular weight excluding hydrogens is 194 g/mol. The third-order valence-corrected chi connectivity index (χ3v) is 3.74. The SMILES string of the molecule is CCc1nc(CN(C)C2CNC2)cs1. The van der Waals surface area contributed by atoms with Crippen molar-refractivity contribution in [2.75, 3.05) is 20.1 Å². The van der Waals surface area contributed by atoms with Gasteiger partial charge in [0.15, 0.2) is 0 Å². The van der Waals surface area contributed by atoms with Gasteiger partial charge in [-0.15, -0.1) is 11.3 Å². The summed E-state index contributed by atoms with van der Waals surface area (Å²) in [7, 11) is 2.18. The lowest BCUT2D eigenvalue weighted by Crippen LogP contribution is -2.55. The Balaban J connectivity index is 1.89. The quantitative estimate of drug-likeness (QED) is 0.808. The number of likely N-dealkylation sites (N-methyl/N-ethyl adjacent to an activating group) is 1. The Hall–Kier alpha value is -0.450. The summed E-state index contributed by atoms with van der Waals surface area (Å²) in [6, 6.07) is 0.710. The van der Waals surface area contributed by atoms with E-state index in [1.807, 2.05) is 0 Å². The smallest absolute Gasteiger partial charge is 0.0926 e. The van der Waals surface area contributed by atoms with Gasteiger partial charge in [0.25, 0.3) is 0 Å². The third-order valence-electron chi connectivity index (χ3n) is 2.70. The first-order valence-corrected chi connectivity index (χ1v) is 6.01. The van der Waals surface area contributed by atoms with E-state index in [1.54, 1.807) is 11.3 Å². The van der Waals surface area contributed by atoms with Crippen LogP contribution in [-0.2, 0) is 13.0 Å². The maximum Gasteiger partial charge on any atom is 0.0926 e. The lowest BCUT2D eigenvalue weighted by atomic mass is 10.1. The molecule has 14 heavy (non-hydrogen) atoms. The van der Waals surface area contributed by atoms with E-state index in [0.29, 0.717) is 6.04 Å². The molecule has 78 valence electrons. The molecule has 0 radical (unpaired) electrons. The second kappa shape index (κ2) is 4.38. The van der Waals surface area contributed by atoms with Crippen molar-refractivity contribution in [3.05, 3.63) is 16.1 Å². The number of nitrogens with zero attached hydrogens (tertiary/aromatic N) is 2. The molecule has 0 aliphatic carbocycles. The summed E-state index contributed by atoms with van der Waals surface area (Å²) in [6.07, 6.45) is 1.05. The fourth-order valence-corrected chi connectivity index (χ4v) is 2.29. The molecule has 1 N–H and O–H groups in total. The van der Waals surface area contributed by atoms with E-state index in [9.17, 15) is 0 Å². The second-order valence-electron chi connectivity index (χ2n) is 3.81. The molecule has 0 spiro atoms. The van der Waals surface area contributed by atoms with Crippen molar-refractivity contribution in [2.45, 2.75) is 25.9 Å². The van der Waals surface area contributed by atoms with Crippen LogP contribution < -0.4 is 5.32 Å². The highest BCUT2D eigenvalue weighted by Crippen LogP contribution is 2.13. The van der Waals surface area contributed by atoms with Gasteiger partial charge in [-0.25, -0.2) is 4.98 Å². The molecule has 3 nitrogen and oxygen atoms in total. The first-order valence-electron chi connectivity index (χ1n) is 5.14. The molecule has 0 aromatic carbocycles. The minimum atomic E-state index is 0.710. The number of aryl methyl sites for hydroxylation is 1. The number of hydrogen-bond acceptors (Lipinski definition) is 4. The number of rotatable bonds is 4. The van der Waals surface area contributed by atoms with Crippen LogP contribution in [0.1, 0.15) is 17.6 Å². The average molecular weight is 211 g/mol. The van der Waals surface area contributed by atoms with Gasteiger partial charge in [0.1, 0.15) is 0 Å². The first-order chi connectivity index (χ1) is 6.79. The van der Waals surface area contributed by atoms with Crippen LogP contribution in [-0.4, -0.2) is 36.1 Å². The Bertz CT molecular complexity index is 293. The third kappa shape index (κ3) is 2.13. The zero-order valence-corrected chi connectivity index (χ0v) is 9.60. The van der Waals surface area contributed by atoms with Gasteiger partial charge in [0.2, 0.25) is 0 Å². The summed E-state index contributed by atoms with van der Waals surface area (Å²) in [4.78, 5) is 6.95. The van der Waals surface area contributed by atoms with Crippen LogP contribution in [0.2, 0.25) is 0 Å². The van der Waals surface area contributed by atoms with Crippen LogP contribution in [0.3, 0.4) is 0 Å². The Labute approximate surface area is 89.1 Å². The second-order valence-corrected chi connectivity index (χ2v) is 4.76. The largest absolute Gasteiger partial charge is 0.314 e. The molecule has 1 fully saturated rings. The summed E-state index contributed by atoms with van der Waals surface area (Å²) < 4.78 is 0. The van der Waals surface area contributed by atoms with E-state index >= 15 is 0 Å². The average Bonchev–Trinajstić information content (AvgIpc) is 2.48. The van der Waals surface area contributed by atoms with E-state index < -0.39 is 0 Å². The Morgan fingerprint density at radius 2 is 2.43 bits per heavy atom. The predicted octanol–water partition coefficient (Wildman–Crippen LogP) is 1.11. The molecule has 2 heterocycles. The highest BCUT2D eigenvalue weighted by molar-refractivity contribution is 7.09. The maximum atomic E-state index is 4.57. The van der Waals surface area contributed by atoms with E-state index in [4.69, 9.17) is 0 Å². The molecule has 0 bridgehead atoms. The highest BCUT2D eigenvalue weighted by Gasteiger charge is 2.21. The van der Waals surface area contributed by atoms with Gasteiger partial charge in [0.05, 0.1) is 10.7 Å². The van der Waals surface area contributed by atoms with Gasteiger partial charge in [-0.3, -0.25) is 4.90 Å². The molecule has 1 aromatic rings. The summed E-state index contributed by atoms with van der Waals surface area (Å²) >= 11 is 1.78. The zero-order valence-electron chi connectivity index (χ0n) is 8.79. The number of hydrogen-bond donors (Lipinski definition) is 1. The van der Waals surface area contributed by atoms with Crippen molar-refractivity contribution in [1.82, 2.24) is 15.2 Å². The van der Waals surface area contributed by atoms with Gasteiger partial charge in [-0.1, -0.05) is 6.92 Å². The van der Waals surface area contributed by atoms with E-state index in [2.05, 4.69) is 34.6 Å². The van der Waals surface area contributed by atoms with Crippen molar-refractivity contribution < 1.29 is 0 Å². The summed E-state index contributed by atoms with van der Waals surface area (Å²) in [5, 5.41) is 6.72. The van der Waals surface area contributed by atoms with Gasteiger partial charge in [-0.2, -0.15) is 0 Å². The molecule has 4 heteroatoms. The topological polar surface area (TPSA) is 28.2 Å². The van der Waals surface area contributed by atoms with Gasteiger partial charge in [0, 0.05) is 31.1 Å². The van der Waals surface area contributed by atoms with Gasteiger partial charge < -0.3 is 5.32 Å². The van der Waals surface area contributed by atoms with E-state index in [1.165, 1.54) is 10.7 Å². The molecule has 0 amide bonds. The molecule has 0 saturated carbocycles. The maximum absolute atomic E-state index is 4.57. The summed E-state index contributed by atoms with van der Waals surface area (Å²) in [5.41, 5.74) is 1.22. The minimum Gasteiger partial charge on any atom is -0.314 e. The Morgan fingerprint density at radius 3 is 2.93 bits per heavy atom. The fourth-order valence-electron chi connectivity index (χ4n) is 1.55. The lowest BCUT2D eigenvalue weighted by molar-refractivity contribution is 0.171. The van der Waals surface area contributed by atoms with Crippen molar-refractivity contribution >= 4 is 11.3 Å². The molecule has 1 saturated heterocycles. The molecular formula is C10H17N3S. The summed E-state index contributed by atoms with van der Waals surface area (Å²) in [6.45, 7) is 5.40. The van der Waals surface area contributed by atoms with Crippen molar-refractivity contribution in [3.8, 4) is 0 Å². The van der Waals surface area contributed by atoms with Crippen LogP contribution >= 0.6 is 11.3 Å². The zero-order chi connectivity index (χ0) is 9.97. The molecule has 2 rings (SSSR count). The van der Waals surface area contributed by atoms with Crippen LogP contribution in [0.5, 0.6) is 0 Å². The molecule has 0 atom stereocenters. The van der Waals surface area contributed by atoms with E-state index in [-0.39, 0.29) is 0 Å². The van der Waals surface area contributed by atoms with Crippen LogP contribution in [0.4, 0.5) is 0 Å². The standard InChI is InChI=1S/C10H17N3S/c1-3-10-12-8(7-14-10)6-13(2)9-4-11-5-9/h7,9,11H,3-6H2,1-2H3. The van der Waals surface area contributed by atoms with Crippen LogP contribution in [0.25, 0.3) is 0 Å². The first kappa shape index (κ1) is 10.1. The van der Waals surface area contributed by atoms with Crippen molar-refractivity contribution in [3.63, 3.8) is 0 Å². The number of nitrogens with one attached hydrogen (secondary N) is 1. The van der Waals surface area contributed by atoms with Gasteiger partial charge >= 0.3 is 0 Å². The number of thiazole rings is 1. The normalized spacial score (nSPS) is 17.4. The summed E-state index contributed by atoms with van der Waals surface area (Å²) in [5.74, 6) is 0. The Morgan fingerprint density at radius 1 is 1.64 bits per heavy atom. The highest BCUT2D eigenvalue weighted by atomic mass is 32.1. The van der Waals surface area contributed by atoms with Crippen molar-refractivity contribution in [2.24, 2.45) is 0 Å². The minimum absolute atomic E-state index is 0.710. The molecule has 1 aromatic heterocycles. The van der Waals surface area contributed by atoms with E-state index in [0.717, 1.165) is 26.1 Å². The fraction of sp³-hybridized carbons (Fsp3) is 0.700. The van der Waals surface area contributed by atoms with Crippen molar-refractivity contribution in [1.29, 1.82) is 0 Å². The number of aromatic nitrogens is 1. The lowest BCUT2D eigenvalue weighted by Gasteiger charge is -2.35. The van der Waals surface area contributed by atoms with Crippen LogP contribution in [0, 0.1) is 0 Å². The predicted molar refractivity (Wildman–Crippen MR) is 59.6 cm³/mol. The monoisotopic (exact) mass is 211 g/mol. The van der Waals surface area contributed by atoms with Crippen LogP contribution in [0.15, 0.2) is 5.38 Å². The Kier molecular flexibility index (Phi) is 3.15.